The molecule has 0 aliphatic heterocycles. The number of pyridine rings is 1. The van der Waals surface area contributed by atoms with Gasteiger partial charge in [0.25, 0.3) is 0 Å². The van der Waals surface area contributed by atoms with E-state index in [1.54, 1.807) is 0 Å². The molecule has 0 unspecified atom stereocenters. The molecule has 0 N–H and O–H groups in total. The molecule has 3 aromatic heterocycles. The minimum atomic E-state index is 0.960. The number of hydrogen-bond donors (Lipinski definition) is 0. The van der Waals surface area contributed by atoms with Crippen molar-refractivity contribution in [1.82, 2.24) is 24.1 Å². The third kappa shape index (κ3) is 8.12. The average Bonchev–Trinajstić information content (AvgIpc) is 2.09. The molecule has 16 aromatic rings. The Morgan fingerprint density at radius 1 is 0.238 bits per heavy atom. The molecule has 394 valence electrons. The Morgan fingerprint density at radius 3 is 1.07 bits per heavy atom. The number of nitrogens with zero attached hydrogens (tertiary/aromatic N) is 5. The van der Waals surface area contributed by atoms with Crippen molar-refractivity contribution in [3.63, 3.8) is 0 Å². The van der Waals surface area contributed by atoms with E-state index in [0.717, 1.165) is 84.0 Å². The zero-order chi connectivity index (χ0) is 55.8. The lowest BCUT2D eigenvalue weighted by Gasteiger charge is -2.21. The number of aromatic nitrogens is 5. The fourth-order valence-corrected chi connectivity index (χ4v) is 13.3. The van der Waals surface area contributed by atoms with Crippen LogP contribution in [0.4, 0.5) is 0 Å². The van der Waals surface area contributed by atoms with Crippen LogP contribution in [0.3, 0.4) is 0 Å². The SMILES string of the molecule is Cc1nc2ccccc2n1-c1ccc(-c2c3ccccc3c(-c3ccc(-c4ccncc4)cc3)c3cc(-c4ccc5c(-c6ccc(-n7c(C)nc8ccccc87)cc6)c6ccccc6c(-c6cccc(-c7ccccc7)c6)c5c4)ccc23)cc1. The van der Waals surface area contributed by atoms with Gasteiger partial charge in [0.15, 0.2) is 0 Å². The van der Waals surface area contributed by atoms with Gasteiger partial charge in [0, 0.05) is 23.8 Å². The Balaban J connectivity index is 0.920. The minimum Gasteiger partial charge on any atom is -0.297 e. The Kier molecular flexibility index (Phi) is 11.6. The first kappa shape index (κ1) is 48.9. The molecule has 0 aliphatic rings. The van der Waals surface area contributed by atoms with Crippen molar-refractivity contribution in [2.45, 2.75) is 13.8 Å². The van der Waals surface area contributed by atoms with Crippen molar-refractivity contribution < 1.29 is 0 Å². The third-order valence-corrected chi connectivity index (χ3v) is 17.1. The molecule has 16 rings (SSSR count). The van der Waals surface area contributed by atoms with Gasteiger partial charge in [0.1, 0.15) is 11.6 Å². The van der Waals surface area contributed by atoms with Crippen molar-refractivity contribution in [1.29, 1.82) is 0 Å². The second kappa shape index (κ2) is 19.9. The smallest absolute Gasteiger partial charge is 0.111 e. The van der Waals surface area contributed by atoms with Gasteiger partial charge in [-0.15, -0.1) is 0 Å². The molecule has 3 heterocycles. The minimum absolute atomic E-state index is 0.960. The lowest BCUT2D eigenvalue weighted by Crippen LogP contribution is -1.97. The van der Waals surface area contributed by atoms with Crippen molar-refractivity contribution >= 4 is 65.2 Å². The summed E-state index contributed by atoms with van der Waals surface area (Å²) in [6.45, 7) is 4.17. The molecule has 0 fully saturated rings. The topological polar surface area (TPSA) is 48.5 Å². The molecule has 0 saturated carbocycles. The van der Waals surface area contributed by atoms with Gasteiger partial charge in [-0.2, -0.15) is 0 Å². The van der Waals surface area contributed by atoms with Gasteiger partial charge in [-0.1, -0.05) is 194 Å². The van der Waals surface area contributed by atoms with Gasteiger partial charge in [-0.3, -0.25) is 14.1 Å². The van der Waals surface area contributed by atoms with Crippen LogP contribution in [0, 0.1) is 13.8 Å². The zero-order valence-corrected chi connectivity index (χ0v) is 46.4. The summed E-state index contributed by atoms with van der Waals surface area (Å²) in [5.74, 6) is 1.92. The Morgan fingerprint density at radius 2 is 0.571 bits per heavy atom. The van der Waals surface area contributed by atoms with Gasteiger partial charge in [-0.25, -0.2) is 9.97 Å². The van der Waals surface area contributed by atoms with Crippen molar-refractivity contribution in [3.8, 4) is 89.3 Å². The van der Waals surface area contributed by atoms with Crippen molar-refractivity contribution in [3.05, 3.63) is 297 Å². The highest BCUT2D eigenvalue weighted by molar-refractivity contribution is 6.24. The van der Waals surface area contributed by atoms with E-state index in [2.05, 4.69) is 301 Å². The summed E-state index contributed by atoms with van der Waals surface area (Å²) in [4.78, 5) is 14.1. The Bertz CT molecular complexity index is 5230. The van der Waals surface area contributed by atoms with Gasteiger partial charge in [0.05, 0.1) is 22.1 Å². The molecule has 0 atom stereocenters. The van der Waals surface area contributed by atoms with Crippen LogP contribution in [-0.2, 0) is 0 Å². The maximum absolute atomic E-state index is 4.91. The summed E-state index contributed by atoms with van der Waals surface area (Å²) in [6.07, 6.45) is 3.72. The van der Waals surface area contributed by atoms with Crippen LogP contribution in [-0.4, -0.2) is 24.1 Å². The van der Waals surface area contributed by atoms with Crippen molar-refractivity contribution in [2.24, 2.45) is 0 Å². The van der Waals surface area contributed by atoms with Crippen LogP contribution in [0.25, 0.3) is 154 Å². The predicted octanol–water partition coefficient (Wildman–Crippen LogP) is 20.7. The maximum atomic E-state index is 4.91. The highest BCUT2D eigenvalue weighted by Gasteiger charge is 2.22. The highest BCUT2D eigenvalue weighted by atomic mass is 15.1. The summed E-state index contributed by atoms with van der Waals surface area (Å²) in [6, 6.07) is 100. The number of imidazole rings is 2. The molecule has 0 amide bonds. The van der Waals surface area contributed by atoms with E-state index in [4.69, 9.17) is 9.97 Å². The summed E-state index contributed by atoms with van der Waals surface area (Å²) in [5.41, 5.74) is 22.8. The Labute approximate surface area is 486 Å². The number of benzene rings is 13. The molecule has 5 nitrogen and oxygen atoms in total. The van der Waals surface area contributed by atoms with E-state index in [9.17, 15) is 0 Å². The summed E-state index contributed by atoms with van der Waals surface area (Å²) >= 11 is 0. The summed E-state index contributed by atoms with van der Waals surface area (Å²) < 4.78 is 4.51. The second-order valence-electron chi connectivity index (χ2n) is 21.9. The lowest BCUT2D eigenvalue weighted by atomic mass is 9.83. The first-order valence-corrected chi connectivity index (χ1v) is 28.7. The lowest BCUT2D eigenvalue weighted by molar-refractivity contribution is 1.00. The number of hydrogen-bond acceptors (Lipinski definition) is 3. The number of para-hydroxylation sites is 4. The van der Waals surface area contributed by atoms with Crippen LogP contribution < -0.4 is 0 Å². The highest BCUT2D eigenvalue weighted by Crippen LogP contribution is 2.49. The quantitative estimate of drug-likeness (QED) is 0.135. The largest absolute Gasteiger partial charge is 0.297 e. The summed E-state index contributed by atoms with van der Waals surface area (Å²) in [5, 5.41) is 9.59. The average molecular weight is 1070 g/mol. The standard InChI is InChI=1S/C79H53N5/c1-50-81-72-23-10-12-25-74(72)83(50)62-37-31-56(32-38-62)76-64-19-6-8-21-66(64)78(55-29-27-53(28-30-55)54-43-45-80-46-44-54)70-48-59(35-41-68(70)76)60-36-42-69-71(49-60)79(61-18-14-17-58(47-61)52-15-4-3-5-16-52)67-22-9-7-20-65(67)77(69)57-33-39-63(40-34-57)84-51(2)82-73-24-11-13-26-75(73)84/h3-49H,1-2H3. The number of aryl methyl sites for hydroxylation is 2. The van der Waals surface area contributed by atoms with Crippen LogP contribution in [0.5, 0.6) is 0 Å². The van der Waals surface area contributed by atoms with Crippen molar-refractivity contribution in [2.75, 3.05) is 0 Å². The van der Waals surface area contributed by atoms with Gasteiger partial charge >= 0.3 is 0 Å². The predicted molar refractivity (Wildman–Crippen MR) is 351 cm³/mol. The monoisotopic (exact) mass is 1070 g/mol. The van der Waals surface area contributed by atoms with Gasteiger partial charge in [-0.05, 0) is 214 Å². The number of rotatable bonds is 9. The van der Waals surface area contributed by atoms with Crippen LogP contribution in [0.15, 0.2) is 285 Å². The molecule has 5 heteroatoms. The first-order valence-electron chi connectivity index (χ1n) is 28.7. The van der Waals surface area contributed by atoms with E-state index in [1.165, 1.54) is 82.0 Å². The molecule has 0 spiro atoms. The zero-order valence-electron chi connectivity index (χ0n) is 46.4. The molecular weight excluding hydrogens is 1020 g/mol. The Hall–Kier alpha value is -11.0. The summed E-state index contributed by atoms with van der Waals surface area (Å²) in [7, 11) is 0. The van der Waals surface area contributed by atoms with E-state index >= 15 is 0 Å². The van der Waals surface area contributed by atoms with E-state index in [0.29, 0.717) is 0 Å². The first-order chi connectivity index (χ1) is 41.5. The third-order valence-electron chi connectivity index (χ3n) is 17.1. The van der Waals surface area contributed by atoms with Gasteiger partial charge < -0.3 is 0 Å². The molecule has 0 aliphatic carbocycles. The van der Waals surface area contributed by atoms with E-state index in [-0.39, 0.29) is 0 Å². The van der Waals surface area contributed by atoms with E-state index in [1.807, 2.05) is 12.4 Å². The molecular formula is C79H53N5. The van der Waals surface area contributed by atoms with Crippen LogP contribution in [0.1, 0.15) is 11.6 Å². The molecule has 0 bridgehead atoms. The van der Waals surface area contributed by atoms with Crippen LogP contribution in [0.2, 0.25) is 0 Å². The fraction of sp³-hybridized carbons (Fsp3) is 0.0253. The normalized spacial score (nSPS) is 11.7. The van der Waals surface area contributed by atoms with Crippen LogP contribution >= 0.6 is 0 Å². The molecule has 0 saturated heterocycles. The van der Waals surface area contributed by atoms with E-state index < -0.39 is 0 Å². The molecule has 84 heavy (non-hydrogen) atoms. The van der Waals surface area contributed by atoms with Gasteiger partial charge in [0.2, 0.25) is 0 Å². The molecule has 13 aromatic carbocycles. The fourth-order valence-electron chi connectivity index (χ4n) is 13.3. The molecule has 0 radical (unpaired) electrons. The number of fused-ring (bicyclic) bond motifs is 6. The second-order valence-corrected chi connectivity index (χ2v) is 21.9. The maximum Gasteiger partial charge on any atom is 0.111 e.